The van der Waals surface area contributed by atoms with Crippen molar-refractivity contribution in [3.05, 3.63) is 60.6 Å². The van der Waals surface area contributed by atoms with Gasteiger partial charge in [0.15, 0.2) is 5.65 Å². The van der Waals surface area contributed by atoms with E-state index in [2.05, 4.69) is 25.4 Å². The van der Waals surface area contributed by atoms with Crippen LogP contribution >= 0.6 is 0 Å². The number of nitrogens with one attached hydrogen (secondary N) is 1. The van der Waals surface area contributed by atoms with E-state index in [0.29, 0.717) is 55.9 Å². The number of carboxylic acid groups (broad SMARTS) is 1. The molecule has 2 fully saturated rings. The van der Waals surface area contributed by atoms with E-state index in [1.54, 1.807) is 28.9 Å². The summed E-state index contributed by atoms with van der Waals surface area (Å²) >= 11 is 0. The Hall–Kier alpha value is -4.46. The van der Waals surface area contributed by atoms with Crippen molar-refractivity contribution >= 4 is 23.4 Å². The van der Waals surface area contributed by atoms with Gasteiger partial charge in [-0.05, 0) is 42.4 Å². The molecular formula is C27H27F3N8O3. The van der Waals surface area contributed by atoms with Crippen LogP contribution < -0.4 is 20.7 Å². The van der Waals surface area contributed by atoms with Crippen molar-refractivity contribution in [1.29, 1.82) is 0 Å². The number of aromatic nitrogens is 5. The fraction of sp³-hybridized carbons (Fsp3) is 0.370. The van der Waals surface area contributed by atoms with Gasteiger partial charge in [0.2, 0.25) is 17.9 Å². The molecule has 2 aliphatic heterocycles. The number of hydrogen-bond donors (Lipinski definition) is 3. The first-order chi connectivity index (χ1) is 19.6. The molecule has 2 saturated heterocycles. The SMILES string of the molecule is Nc1nc(OC(c2ccc(-c3ccc4ncnn4c3)cc2)C(F)(F)F)cc(N2CCC3(CC2)CN[C@H](C(=O)O)C3)n1. The lowest BCUT2D eigenvalue weighted by molar-refractivity contribution is -0.198. The molecule has 5 heterocycles. The number of anilines is 2. The van der Waals surface area contributed by atoms with E-state index in [0.717, 1.165) is 5.56 Å². The third-order valence-corrected chi connectivity index (χ3v) is 7.87. The first-order valence-electron chi connectivity index (χ1n) is 13.1. The average molecular weight is 569 g/mol. The fourth-order valence-corrected chi connectivity index (χ4v) is 5.62. The van der Waals surface area contributed by atoms with Gasteiger partial charge in [-0.25, -0.2) is 9.50 Å². The van der Waals surface area contributed by atoms with Gasteiger partial charge >= 0.3 is 12.1 Å². The highest BCUT2D eigenvalue weighted by Gasteiger charge is 2.45. The number of carbonyl (C=O) groups is 1. The molecule has 4 N–H and O–H groups in total. The van der Waals surface area contributed by atoms with Gasteiger partial charge in [0.1, 0.15) is 18.2 Å². The summed E-state index contributed by atoms with van der Waals surface area (Å²) in [6, 6.07) is 10.3. The molecule has 0 amide bonds. The molecule has 0 saturated carbocycles. The minimum absolute atomic E-state index is 0.0940. The maximum absolute atomic E-state index is 14.2. The van der Waals surface area contributed by atoms with Crippen LogP contribution in [-0.2, 0) is 4.79 Å². The van der Waals surface area contributed by atoms with Crippen molar-refractivity contribution < 1.29 is 27.8 Å². The number of nitrogens with two attached hydrogens (primary N) is 1. The highest BCUT2D eigenvalue weighted by molar-refractivity contribution is 5.74. The van der Waals surface area contributed by atoms with Crippen LogP contribution in [0, 0.1) is 5.41 Å². The fourth-order valence-electron chi connectivity index (χ4n) is 5.62. The number of ether oxygens (including phenoxy) is 1. The molecule has 14 heteroatoms. The Labute approximate surface area is 232 Å². The van der Waals surface area contributed by atoms with E-state index in [1.807, 2.05) is 11.0 Å². The molecule has 2 aliphatic rings. The molecule has 1 aromatic carbocycles. The van der Waals surface area contributed by atoms with Crippen molar-refractivity contribution in [3.63, 3.8) is 0 Å². The number of aliphatic carboxylic acids is 1. The van der Waals surface area contributed by atoms with Crippen LogP contribution in [0.1, 0.15) is 30.9 Å². The number of nitrogens with zero attached hydrogens (tertiary/aromatic N) is 6. The van der Waals surface area contributed by atoms with Crippen molar-refractivity contribution in [2.45, 2.75) is 37.6 Å². The lowest BCUT2D eigenvalue weighted by atomic mass is 9.76. The molecule has 11 nitrogen and oxygen atoms in total. The van der Waals surface area contributed by atoms with Gasteiger partial charge in [0.25, 0.3) is 0 Å². The van der Waals surface area contributed by atoms with Crippen LogP contribution in [0.2, 0.25) is 0 Å². The van der Waals surface area contributed by atoms with Crippen molar-refractivity contribution in [2.24, 2.45) is 5.41 Å². The number of carboxylic acids is 1. The minimum Gasteiger partial charge on any atom is -0.480 e. The lowest BCUT2D eigenvalue weighted by Crippen LogP contribution is -2.41. The van der Waals surface area contributed by atoms with Crippen molar-refractivity contribution in [3.8, 4) is 17.0 Å². The standard InChI is InChI=1S/C27H27F3N8O3/c28-27(29,30)23(17-3-1-16(2-4-17)18-5-6-20-33-15-34-38(20)13-18)41-22-11-21(35-25(31)36-22)37-9-7-26(8-10-37)12-19(24(39)40)32-14-26/h1-6,11,13,15,19,23,32H,7-10,12,14H2,(H,39,40)(H2,31,35,36)/t19-,23?/m0/s1. The molecule has 2 atom stereocenters. The second kappa shape index (κ2) is 10.2. The van der Waals surface area contributed by atoms with E-state index < -0.39 is 24.3 Å². The topological polar surface area (TPSA) is 144 Å². The number of benzene rings is 1. The Bertz CT molecular complexity index is 1570. The largest absolute Gasteiger partial charge is 0.480 e. The molecule has 1 unspecified atom stereocenters. The van der Waals surface area contributed by atoms with E-state index in [4.69, 9.17) is 10.5 Å². The summed E-state index contributed by atoms with van der Waals surface area (Å²) in [5.74, 6) is -0.991. The van der Waals surface area contributed by atoms with Gasteiger partial charge in [0.05, 0.1) is 0 Å². The predicted octanol–water partition coefficient (Wildman–Crippen LogP) is 3.48. The normalized spacial score (nSPS) is 19.5. The monoisotopic (exact) mass is 568 g/mol. The second-order valence-electron chi connectivity index (χ2n) is 10.5. The molecule has 41 heavy (non-hydrogen) atoms. The Morgan fingerprint density at radius 3 is 2.54 bits per heavy atom. The summed E-state index contributed by atoms with van der Waals surface area (Å²) in [6.45, 7) is 1.71. The quantitative estimate of drug-likeness (QED) is 0.316. The van der Waals surface area contributed by atoms with Gasteiger partial charge in [-0.15, -0.1) is 0 Å². The zero-order valence-corrected chi connectivity index (χ0v) is 21.8. The summed E-state index contributed by atoms with van der Waals surface area (Å²) in [5, 5.41) is 16.5. The van der Waals surface area contributed by atoms with Crippen LogP contribution in [-0.4, -0.2) is 67.5 Å². The minimum atomic E-state index is -4.73. The number of pyridine rings is 1. The van der Waals surface area contributed by atoms with Crippen molar-refractivity contribution in [1.82, 2.24) is 29.9 Å². The molecule has 0 aliphatic carbocycles. The van der Waals surface area contributed by atoms with E-state index in [9.17, 15) is 23.1 Å². The second-order valence-corrected chi connectivity index (χ2v) is 10.5. The molecule has 4 aromatic rings. The summed E-state index contributed by atoms with van der Waals surface area (Å²) in [6.07, 6.45) is -1.87. The molecule has 6 rings (SSSR count). The maximum atomic E-state index is 14.2. The van der Waals surface area contributed by atoms with Crippen LogP contribution in [0.4, 0.5) is 24.9 Å². The summed E-state index contributed by atoms with van der Waals surface area (Å²) < 4.78 is 49.6. The van der Waals surface area contributed by atoms with Gasteiger partial charge in [-0.1, -0.05) is 24.3 Å². The first kappa shape index (κ1) is 26.7. The third-order valence-electron chi connectivity index (χ3n) is 7.87. The van der Waals surface area contributed by atoms with Crippen LogP contribution in [0.25, 0.3) is 16.8 Å². The molecule has 0 radical (unpaired) electrons. The number of nitrogen functional groups attached to an aromatic ring is 1. The highest BCUT2D eigenvalue weighted by Crippen LogP contribution is 2.41. The van der Waals surface area contributed by atoms with Gasteiger partial charge in [-0.3, -0.25) is 4.79 Å². The zero-order chi connectivity index (χ0) is 28.8. The number of alkyl halides is 3. The molecule has 3 aromatic heterocycles. The van der Waals surface area contributed by atoms with Gasteiger partial charge in [-0.2, -0.15) is 28.2 Å². The maximum Gasteiger partial charge on any atom is 0.429 e. The molecule has 214 valence electrons. The highest BCUT2D eigenvalue weighted by atomic mass is 19.4. The lowest BCUT2D eigenvalue weighted by Gasteiger charge is -2.39. The Morgan fingerprint density at radius 2 is 1.85 bits per heavy atom. The third kappa shape index (κ3) is 5.46. The Kier molecular flexibility index (Phi) is 6.64. The number of piperidine rings is 1. The number of hydrogen-bond acceptors (Lipinski definition) is 9. The smallest absolute Gasteiger partial charge is 0.429 e. The van der Waals surface area contributed by atoms with E-state index in [1.165, 1.54) is 24.5 Å². The molecule has 1 spiro atoms. The summed E-state index contributed by atoms with van der Waals surface area (Å²) in [7, 11) is 0. The van der Waals surface area contributed by atoms with E-state index >= 15 is 0 Å². The molecule has 0 bridgehead atoms. The Morgan fingerprint density at radius 1 is 1.12 bits per heavy atom. The average Bonchev–Trinajstić information content (AvgIpc) is 3.58. The van der Waals surface area contributed by atoms with Crippen LogP contribution in [0.15, 0.2) is 55.0 Å². The number of fused-ring (bicyclic) bond motifs is 1. The van der Waals surface area contributed by atoms with Gasteiger partial charge in [0, 0.05) is 43.0 Å². The number of halogens is 3. The van der Waals surface area contributed by atoms with Crippen LogP contribution in [0.5, 0.6) is 5.88 Å². The summed E-state index contributed by atoms with van der Waals surface area (Å²) in [4.78, 5) is 25.5. The van der Waals surface area contributed by atoms with Gasteiger partial charge < -0.3 is 25.8 Å². The van der Waals surface area contributed by atoms with Crippen molar-refractivity contribution in [2.75, 3.05) is 30.3 Å². The Balaban J connectivity index is 1.19. The van der Waals surface area contributed by atoms with Crippen LogP contribution in [0.3, 0.4) is 0 Å². The number of rotatable bonds is 6. The zero-order valence-electron chi connectivity index (χ0n) is 21.8. The first-order valence-corrected chi connectivity index (χ1v) is 13.1. The molecular weight excluding hydrogens is 541 g/mol. The predicted molar refractivity (Wildman–Crippen MR) is 142 cm³/mol. The van der Waals surface area contributed by atoms with E-state index in [-0.39, 0.29) is 22.8 Å². The summed E-state index contributed by atoms with van der Waals surface area (Å²) in [5.41, 5.74) is 7.78.